The fourth-order valence-corrected chi connectivity index (χ4v) is 3.46. The third-order valence-electron chi connectivity index (χ3n) is 5.01. The molecule has 0 unspecified atom stereocenters. The van der Waals surface area contributed by atoms with Crippen LogP contribution in [-0.2, 0) is 13.0 Å². The van der Waals surface area contributed by atoms with E-state index in [1.165, 1.54) is 11.1 Å². The number of nitrogens with zero attached hydrogens (tertiary/aromatic N) is 2. The number of fused-ring (bicyclic) bond motifs is 1. The van der Waals surface area contributed by atoms with Gasteiger partial charge in [0.25, 0.3) is 0 Å². The molecule has 0 saturated heterocycles. The maximum absolute atomic E-state index is 12.2. The van der Waals surface area contributed by atoms with Gasteiger partial charge in [-0.15, -0.1) is 0 Å². The van der Waals surface area contributed by atoms with Crippen LogP contribution < -0.4 is 10.6 Å². The summed E-state index contributed by atoms with van der Waals surface area (Å²) in [6.45, 7) is 8.58. The number of hydrogen-bond donors (Lipinski definition) is 3. The lowest BCUT2D eigenvalue weighted by Crippen LogP contribution is -2.46. The number of urea groups is 1. The van der Waals surface area contributed by atoms with Gasteiger partial charge in [-0.2, -0.15) is 5.10 Å². The second kappa shape index (κ2) is 7.70. The number of carbonyl (C=O) groups excluding carboxylic acids is 1. The lowest BCUT2D eigenvalue weighted by atomic mass is 9.98. The molecular weight excluding hydrogens is 314 g/mol. The van der Waals surface area contributed by atoms with Crippen molar-refractivity contribution in [2.45, 2.75) is 46.2 Å². The summed E-state index contributed by atoms with van der Waals surface area (Å²) in [6, 6.07) is 8.80. The van der Waals surface area contributed by atoms with E-state index in [1.54, 1.807) is 0 Å². The molecule has 2 amide bonds. The topological polar surface area (TPSA) is 73.0 Å². The Balaban J connectivity index is 1.55. The molecule has 0 aliphatic carbocycles. The molecule has 6 nitrogen and oxygen atoms in total. The number of aromatic amines is 1. The number of rotatable bonds is 5. The Morgan fingerprint density at radius 2 is 2.08 bits per heavy atom. The van der Waals surface area contributed by atoms with Crippen LogP contribution >= 0.6 is 0 Å². The Hall–Kier alpha value is -2.34. The van der Waals surface area contributed by atoms with Crippen LogP contribution in [0.3, 0.4) is 0 Å². The lowest BCUT2D eigenvalue weighted by Gasteiger charge is -2.35. The van der Waals surface area contributed by atoms with Crippen molar-refractivity contribution in [3.8, 4) is 0 Å². The fraction of sp³-hybridized carbons (Fsp3) is 0.474. The first kappa shape index (κ1) is 17.5. The van der Waals surface area contributed by atoms with Gasteiger partial charge in [0.05, 0.1) is 17.1 Å². The highest BCUT2D eigenvalue weighted by Crippen LogP contribution is 2.21. The summed E-state index contributed by atoms with van der Waals surface area (Å²) < 4.78 is 0. The molecular formula is C19H27N5O. The summed E-state index contributed by atoms with van der Waals surface area (Å²) in [5.74, 6) is 0. The van der Waals surface area contributed by atoms with Crippen molar-refractivity contribution in [1.29, 1.82) is 0 Å². The number of aromatic nitrogens is 2. The Morgan fingerprint density at radius 1 is 1.32 bits per heavy atom. The first-order valence-corrected chi connectivity index (χ1v) is 8.95. The van der Waals surface area contributed by atoms with Crippen molar-refractivity contribution in [2.75, 3.05) is 18.4 Å². The summed E-state index contributed by atoms with van der Waals surface area (Å²) in [5.41, 5.74) is 5.28. The van der Waals surface area contributed by atoms with Gasteiger partial charge in [-0.25, -0.2) is 4.79 Å². The Bertz CT molecular complexity index is 720. The smallest absolute Gasteiger partial charge is 0.319 e. The average Bonchev–Trinajstić information content (AvgIpc) is 2.94. The van der Waals surface area contributed by atoms with Crippen LogP contribution in [0.5, 0.6) is 0 Å². The molecule has 1 aliphatic rings. The van der Waals surface area contributed by atoms with Gasteiger partial charge in [0.1, 0.15) is 0 Å². The van der Waals surface area contributed by atoms with E-state index < -0.39 is 0 Å². The fourth-order valence-electron chi connectivity index (χ4n) is 3.46. The van der Waals surface area contributed by atoms with Crippen molar-refractivity contribution >= 4 is 11.7 Å². The van der Waals surface area contributed by atoms with Crippen molar-refractivity contribution in [3.05, 3.63) is 46.8 Å². The molecule has 134 valence electrons. The number of hydrogen-bond acceptors (Lipinski definition) is 3. The zero-order valence-electron chi connectivity index (χ0n) is 15.2. The van der Waals surface area contributed by atoms with Crippen molar-refractivity contribution in [3.63, 3.8) is 0 Å². The van der Waals surface area contributed by atoms with Gasteiger partial charge in [0.2, 0.25) is 0 Å². The Morgan fingerprint density at radius 3 is 2.76 bits per heavy atom. The minimum absolute atomic E-state index is 0.177. The largest absolute Gasteiger partial charge is 0.336 e. The minimum atomic E-state index is -0.177. The van der Waals surface area contributed by atoms with Crippen LogP contribution in [0, 0.1) is 13.8 Å². The van der Waals surface area contributed by atoms with Crippen LogP contribution in [-0.4, -0.2) is 40.3 Å². The van der Waals surface area contributed by atoms with E-state index >= 15 is 0 Å². The zero-order chi connectivity index (χ0) is 17.8. The predicted molar refractivity (Wildman–Crippen MR) is 99.7 cm³/mol. The molecule has 3 N–H and O–H groups in total. The first-order valence-electron chi connectivity index (χ1n) is 8.95. The van der Waals surface area contributed by atoms with Crippen molar-refractivity contribution < 1.29 is 4.79 Å². The molecule has 3 rings (SSSR count). The Labute approximate surface area is 149 Å². The third kappa shape index (κ3) is 4.02. The summed E-state index contributed by atoms with van der Waals surface area (Å²) >= 11 is 0. The van der Waals surface area contributed by atoms with Gasteiger partial charge in [0, 0.05) is 25.7 Å². The van der Waals surface area contributed by atoms with Crippen molar-refractivity contribution in [1.82, 2.24) is 20.4 Å². The zero-order valence-corrected chi connectivity index (χ0v) is 15.2. The SMILES string of the molecule is CC[C@H](CNC(=O)Nc1c(C)n[nH]c1C)N1CCc2ccccc2C1. The van der Waals surface area contributed by atoms with E-state index in [4.69, 9.17) is 0 Å². The molecule has 0 spiro atoms. The van der Waals surface area contributed by atoms with Gasteiger partial charge in [0.15, 0.2) is 0 Å². The van der Waals surface area contributed by atoms with E-state index in [-0.39, 0.29) is 6.03 Å². The maximum Gasteiger partial charge on any atom is 0.319 e. The molecule has 2 aromatic rings. The maximum atomic E-state index is 12.2. The highest BCUT2D eigenvalue weighted by molar-refractivity contribution is 5.90. The number of aryl methyl sites for hydroxylation is 2. The molecule has 25 heavy (non-hydrogen) atoms. The number of anilines is 1. The quantitative estimate of drug-likeness (QED) is 0.783. The molecule has 0 fully saturated rings. The number of nitrogens with one attached hydrogen (secondary N) is 3. The van der Waals surface area contributed by atoms with E-state index in [1.807, 2.05) is 13.8 Å². The van der Waals surface area contributed by atoms with Crippen LogP contribution in [0.2, 0.25) is 0 Å². The van der Waals surface area contributed by atoms with Gasteiger partial charge in [-0.1, -0.05) is 31.2 Å². The molecule has 1 aromatic heterocycles. The first-order chi connectivity index (χ1) is 12.1. The molecule has 0 radical (unpaired) electrons. The van der Waals surface area contributed by atoms with Crippen molar-refractivity contribution in [2.24, 2.45) is 0 Å². The van der Waals surface area contributed by atoms with E-state index in [2.05, 4.69) is 56.9 Å². The molecule has 2 heterocycles. The lowest BCUT2D eigenvalue weighted by molar-refractivity contribution is 0.170. The molecule has 1 aliphatic heterocycles. The minimum Gasteiger partial charge on any atom is -0.336 e. The number of benzene rings is 1. The third-order valence-corrected chi connectivity index (χ3v) is 5.01. The molecule has 1 atom stereocenters. The molecule has 0 saturated carbocycles. The highest BCUT2D eigenvalue weighted by atomic mass is 16.2. The van der Waals surface area contributed by atoms with Gasteiger partial charge < -0.3 is 10.6 Å². The van der Waals surface area contributed by atoms with Gasteiger partial charge >= 0.3 is 6.03 Å². The average molecular weight is 341 g/mol. The normalized spacial score (nSPS) is 15.5. The van der Waals surface area contributed by atoms with E-state index in [0.717, 1.165) is 43.0 Å². The predicted octanol–water partition coefficient (Wildman–Crippen LogP) is 2.98. The van der Waals surface area contributed by atoms with Crippen LogP contribution in [0.1, 0.15) is 35.9 Å². The summed E-state index contributed by atoms with van der Waals surface area (Å²) in [5, 5.41) is 12.9. The summed E-state index contributed by atoms with van der Waals surface area (Å²) in [7, 11) is 0. The molecule has 0 bridgehead atoms. The van der Waals surface area contributed by atoms with Crippen LogP contribution in [0.15, 0.2) is 24.3 Å². The Kier molecular flexibility index (Phi) is 5.38. The van der Waals surface area contributed by atoms with E-state index in [9.17, 15) is 4.79 Å². The number of H-pyrrole nitrogens is 1. The van der Waals surface area contributed by atoms with Gasteiger partial charge in [-0.3, -0.25) is 10.00 Å². The highest BCUT2D eigenvalue weighted by Gasteiger charge is 2.22. The number of amides is 2. The second-order valence-electron chi connectivity index (χ2n) is 6.70. The molecule has 1 aromatic carbocycles. The standard InChI is InChI=1S/C19H27N5O/c1-4-17(24-10-9-15-7-5-6-8-16(15)12-24)11-20-19(25)21-18-13(2)22-23-14(18)3/h5-8,17H,4,9-12H2,1-3H3,(H,22,23)(H2,20,21,25)/t17-/m1/s1. The van der Waals surface area contributed by atoms with E-state index in [0.29, 0.717) is 12.6 Å². The number of carbonyl (C=O) groups is 1. The summed E-state index contributed by atoms with van der Waals surface area (Å²) in [6.07, 6.45) is 2.08. The monoisotopic (exact) mass is 341 g/mol. The summed E-state index contributed by atoms with van der Waals surface area (Å²) in [4.78, 5) is 14.7. The van der Waals surface area contributed by atoms with Gasteiger partial charge in [-0.05, 0) is 37.8 Å². The second-order valence-corrected chi connectivity index (χ2v) is 6.70. The van der Waals surface area contributed by atoms with Crippen LogP contribution in [0.4, 0.5) is 10.5 Å². The molecule has 6 heteroatoms. The van der Waals surface area contributed by atoms with Crippen LogP contribution in [0.25, 0.3) is 0 Å².